The van der Waals surface area contributed by atoms with Gasteiger partial charge in [-0.2, -0.15) is 5.10 Å². The molecular formula is C14H23N3O. The molecule has 1 aliphatic carbocycles. The summed E-state index contributed by atoms with van der Waals surface area (Å²) < 4.78 is 0. The lowest BCUT2D eigenvalue weighted by Crippen LogP contribution is -2.25. The first-order valence-electron chi connectivity index (χ1n) is 6.34. The maximum Gasteiger partial charge on any atom is 0.332 e. The average molecular weight is 249 g/mol. The predicted molar refractivity (Wildman–Crippen MR) is 75.3 cm³/mol. The van der Waals surface area contributed by atoms with Gasteiger partial charge in [-0.15, -0.1) is 0 Å². The molecule has 1 rings (SSSR count). The molecule has 0 saturated heterocycles. The van der Waals surface area contributed by atoms with Gasteiger partial charge in [-0.3, -0.25) is 0 Å². The van der Waals surface area contributed by atoms with Gasteiger partial charge < -0.3 is 5.73 Å². The molecule has 3 N–H and O–H groups in total. The number of urea groups is 1. The summed E-state index contributed by atoms with van der Waals surface area (Å²) in [5, 5.41) is 3.93. The average Bonchev–Trinajstić information content (AvgIpc) is 2.65. The van der Waals surface area contributed by atoms with Crippen molar-refractivity contribution in [1.29, 1.82) is 0 Å². The molecule has 100 valence electrons. The van der Waals surface area contributed by atoms with E-state index >= 15 is 0 Å². The van der Waals surface area contributed by atoms with Gasteiger partial charge >= 0.3 is 6.03 Å². The summed E-state index contributed by atoms with van der Waals surface area (Å²) in [7, 11) is 0. The van der Waals surface area contributed by atoms with Crippen molar-refractivity contribution in [3.63, 3.8) is 0 Å². The van der Waals surface area contributed by atoms with Crippen molar-refractivity contribution in [1.82, 2.24) is 5.43 Å². The van der Waals surface area contributed by atoms with Crippen LogP contribution in [-0.4, -0.2) is 11.7 Å². The highest BCUT2D eigenvalue weighted by Crippen LogP contribution is 2.38. The quantitative estimate of drug-likeness (QED) is 0.439. The highest BCUT2D eigenvalue weighted by Gasteiger charge is 2.23. The third kappa shape index (κ3) is 4.02. The van der Waals surface area contributed by atoms with Crippen molar-refractivity contribution in [3.8, 4) is 0 Å². The number of amides is 2. The molecule has 0 aromatic carbocycles. The maximum absolute atomic E-state index is 10.5. The second-order valence-electron chi connectivity index (χ2n) is 5.07. The van der Waals surface area contributed by atoms with E-state index in [1.807, 2.05) is 6.92 Å². The Kier molecular flexibility index (Phi) is 5.13. The van der Waals surface area contributed by atoms with E-state index in [0.717, 1.165) is 18.6 Å². The van der Waals surface area contributed by atoms with Gasteiger partial charge in [0.2, 0.25) is 0 Å². The standard InChI is InChI=1S/C14H23N3O/c1-9(2)12-7-5-10(3)13(12)8-6-11(4)16-17-14(15)18/h12H,1,5-8H2,2-4H3,(H3,15,17,18)/t12-/m0/s1. The number of carbonyl (C=O) groups is 1. The van der Waals surface area contributed by atoms with Crippen molar-refractivity contribution in [3.05, 3.63) is 23.3 Å². The van der Waals surface area contributed by atoms with Crippen LogP contribution in [0.15, 0.2) is 28.4 Å². The zero-order chi connectivity index (χ0) is 13.7. The number of nitrogens with zero attached hydrogens (tertiary/aromatic N) is 1. The lowest BCUT2D eigenvalue weighted by molar-refractivity contribution is 0.249. The first-order chi connectivity index (χ1) is 8.41. The maximum atomic E-state index is 10.5. The number of primary amides is 1. The Morgan fingerprint density at radius 1 is 1.56 bits per heavy atom. The number of nitrogens with two attached hydrogens (primary N) is 1. The van der Waals surface area contributed by atoms with Crippen molar-refractivity contribution in [2.24, 2.45) is 16.8 Å². The van der Waals surface area contributed by atoms with Crippen LogP contribution >= 0.6 is 0 Å². The number of hydrogen-bond acceptors (Lipinski definition) is 2. The smallest absolute Gasteiger partial charge is 0.332 e. The number of hydrazone groups is 1. The molecule has 1 atom stereocenters. The van der Waals surface area contributed by atoms with Crippen LogP contribution in [0.2, 0.25) is 0 Å². The molecular weight excluding hydrogens is 226 g/mol. The highest BCUT2D eigenvalue weighted by atomic mass is 16.2. The van der Waals surface area contributed by atoms with E-state index in [9.17, 15) is 4.79 Å². The molecule has 0 spiro atoms. The van der Waals surface area contributed by atoms with E-state index in [-0.39, 0.29) is 0 Å². The number of rotatable bonds is 5. The van der Waals surface area contributed by atoms with E-state index < -0.39 is 6.03 Å². The molecule has 0 unspecified atom stereocenters. The molecule has 0 fully saturated rings. The molecule has 0 saturated carbocycles. The summed E-state index contributed by atoms with van der Waals surface area (Å²) >= 11 is 0. The molecule has 0 aromatic rings. The van der Waals surface area contributed by atoms with Gasteiger partial charge in [0.05, 0.1) is 0 Å². The van der Waals surface area contributed by atoms with E-state index in [1.54, 1.807) is 0 Å². The van der Waals surface area contributed by atoms with Crippen molar-refractivity contribution < 1.29 is 4.79 Å². The molecule has 4 nitrogen and oxygen atoms in total. The monoisotopic (exact) mass is 249 g/mol. The van der Waals surface area contributed by atoms with Gasteiger partial charge in [-0.1, -0.05) is 23.3 Å². The van der Waals surface area contributed by atoms with Crippen LogP contribution in [-0.2, 0) is 0 Å². The molecule has 1 aliphatic rings. The topological polar surface area (TPSA) is 67.5 Å². The molecule has 4 heteroatoms. The minimum Gasteiger partial charge on any atom is -0.350 e. The zero-order valence-corrected chi connectivity index (χ0v) is 11.5. The minimum atomic E-state index is -0.620. The Morgan fingerprint density at radius 2 is 2.22 bits per heavy atom. The Balaban J connectivity index is 2.57. The predicted octanol–water partition coefficient (Wildman–Crippen LogP) is 3.11. The van der Waals surface area contributed by atoms with Crippen LogP contribution in [0.25, 0.3) is 0 Å². The van der Waals surface area contributed by atoms with Crippen LogP contribution in [0.4, 0.5) is 4.79 Å². The van der Waals surface area contributed by atoms with Crippen LogP contribution in [0.1, 0.15) is 46.5 Å². The third-order valence-corrected chi connectivity index (χ3v) is 3.48. The summed E-state index contributed by atoms with van der Waals surface area (Å²) in [4.78, 5) is 10.5. The highest BCUT2D eigenvalue weighted by molar-refractivity contribution is 5.83. The van der Waals surface area contributed by atoms with Gasteiger partial charge in [-0.05, 0) is 46.5 Å². The first kappa shape index (κ1) is 14.5. The molecule has 18 heavy (non-hydrogen) atoms. The Bertz CT molecular complexity index is 407. The van der Waals surface area contributed by atoms with E-state index in [4.69, 9.17) is 5.73 Å². The number of allylic oxidation sites excluding steroid dienone is 3. The van der Waals surface area contributed by atoms with Crippen molar-refractivity contribution in [2.45, 2.75) is 46.5 Å². The van der Waals surface area contributed by atoms with Crippen molar-refractivity contribution in [2.75, 3.05) is 0 Å². The number of nitrogens with one attached hydrogen (secondary N) is 1. The van der Waals surface area contributed by atoms with Crippen LogP contribution in [0.3, 0.4) is 0 Å². The molecule has 2 amide bonds. The van der Waals surface area contributed by atoms with Gasteiger partial charge in [0.1, 0.15) is 0 Å². The molecule has 0 aromatic heterocycles. The van der Waals surface area contributed by atoms with E-state index in [0.29, 0.717) is 5.92 Å². The molecule has 0 heterocycles. The summed E-state index contributed by atoms with van der Waals surface area (Å²) in [5.74, 6) is 0.530. The van der Waals surface area contributed by atoms with Gasteiger partial charge in [0, 0.05) is 11.6 Å². The summed E-state index contributed by atoms with van der Waals surface area (Å²) in [6.45, 7) is 10.3. The third-order valence-electron chi connectivity index (χ3n) is 3.48. The Morgan fingerprint density at radius 3 is 2.78 bits per heavy atom. The number of carbonyl (C=O) groups excluding carboxylic acids is 1. The fraction of sp³-hybridized carbons (Fsp3) is 0.571. The molecule has 0 radical (unpaired) electrons. The van der Waals surface area contributed by atoms with Crippen LogP contribution < -0.4 is 11.2 Å². The van der Waals surface area contributed by atoms with Gasteiger partial charge in [0.15, 0.2) is 0 Å². The summed E-state index contributed by atoms with van der Waals surface area (Å²) in [6.07, 6.45) is 4.19. The summed E-state index contributed by atoms with van der Waals surface area (Å²) in [5.41, 5.74) is 12.3. The van der Waals surface area contributed by atoms with E-state index in [2.05, 4.69) is 31.0 Å². The molecule has 0 bridgehead atoms. The first-order valence-corrected chi connectivity index (χ1v) is 6.34. The fourth-order valence-electron chi connectivity index (χ4n) is 2.45. The van der Waals surface area contributed by atoms with Gasteiger partial charge in [-0.25, -0.2) is 10.2 Å². The minimum absolute atomic E-state index is 0.530. The lowest BCUT2D eigenvalue weighted by atomic mass is 9.90. The van der Waals surface area contributed by atoms with E-state index in [1.165, 1.54) is 29.6 Å². The second-order valence-corrected chi connectivity index (χ2v) is 5.07. The number of hydrogen-bond donors (Lipinski definition) is 2. The zero-order valence-electron chi connectivity index (χ0n) is 11.5. The summed E-state index contributed by atoms with van der Waals surface area (Å²) in [6, 6.07) is -0.620. The fourth-order valence-corrected chi connectivity index (χ4v) is 2.45. The largest absolute Gasteiger partial charge is 0.350 e. The van der Waals surface area contributed by atoms with Crippen LogP contribution in [0.5, 0.6) is 0 Å². The normalized spacial score (nSPS) is 20.2. The Hall–Kier alpha value is -1.58. The Labute approximate surface area is 109 Å². The second kappa shape index (κ2) is 6.38. The van der Waals surface area contributed by atoms with Gasteiger partial charge in [0.25, 0.3) is 0 Å². The SMILES string of the molecule is C=C(C)[C@@H]1CCC(C)=C1CCC(C)=NNC(N)=O. The lowest BCUT2D eigenvalue weighted by Gasteiger charge is -2.15. The molecule has 0 aliphatic heterocycles. The van der Waals surface area contributed by atoms with Crippen molar-refractivity contribution >= 4 is 11.7 Å². The van der Waals surface area contributed by atoms with Crippen LogP contribution in [0, 0.1) is 5.92 Å².